The van der Waals surface area contributed by atoms with Gasteiger partial charge < -0.3 is 50.8 Å². The Kier molecular flexibility index (Phi) is 39.0. The summed E-state index contributed by atoms with van der Waals surface area (Å²) < 4.78 is 19.6. The normalized spacial score (nSPS) is 16.1. The van der Waals surface area contributed by atoms with Crippen LogP contribution < -0.4 is 21.7 Å². The van der Waals surface area contributed by atoms with E-state index in [4.69, 9.17) is 52.3 Å². The molecule has 3 atom stereocenters. The number of azide groups is 4. The molecule has 0 aromatic rings. The molecule has 24 nitrogen and oxygen atoms in total. The highest BCUT2D eigenvalue weighted by atomic mass is 32.2. The van der Waals surface area contributed by atoms with Crippen LogP contribution >= 0.6 is 11.8 Å². The Labute approximate surface area is 300 Å². The van der Waals surface area contributed by atoms with Gasteiger partial charge in [0.05, 0.1) is 78.2 Å². The summed E-state index contributed by atoms with van der Waals surface area (Å²) in [5.74, 6) is 0.996. The van der Waals surface area contributed by atoms with Gasteiger partial charge >= 0.3 is 6.03 Å². The molecule has 2 fully saturated rings. The third kappa shape index (κ3) is 34.3. The highest BCUT2D eigenvalue weighted by molar-refractivity contribution is 8.00. The second-order valence-electron chi connectivity index (χ2n) is 9.72. The van der Waals surface area contributed by atoms with Crippen LogP contribution in [0.15, 0.2) is 20.5 Å². The van der Waals surface area contributed by atoms with Gasteiger partial charge in [0.2, 0.25) is 5.91 Å². The van der Waals surface area contributed by atoms with Crippen molar-refractivity contribution in [2.75, 3.05) is 111 Å². The molecule has 0 aromatic carbocycles. The maximum Gasteiger partial charge on any atom is 0.315 e. The van der Waals surface area contributed by atoms with Gasteiger partial charge in [0.15, 0.2) is 0 Å². The van der Waals surface area contributed by atoms with Crippen molar-refractivity contribution in [3.63, 3.8) is 0 Å². The van der Waals surface area contributed by atoms with Crippen molar-refractivity contribution in [3.8, 4) is 0 Å². The number of rotatable bonds is 26. The number of fused-ring (bicyclic) bond motifs is 1. The van der Waals surface area contributed by atoms with Crippen LogP contribution in [0.4, 0.5) is 4.79 Å². The molecule has 0 bridgehead atoms. The van der Waals surface area contributed by atoms with Crippen molar-refractivity contribution in [1.29, 1.82) is 0 Å². The molecule has 0 radical (unpaired) electrons. The van der Waals surface area contributed by atoms with Gasteiger partial charge in [-0.25, -0.2) is 4.79 Å². The summed E-state index contributed by atoms with van der Waals surface area (Å²) >= 11 is 1.90. The van der Waals surface area contributed by atoms with Gasteiger partial charge in [-0.15, -0.1) is 0 Å². The summed E-state index contributed by atoms with van der Waals surface area (Å²) in [6.07, 6.45) is 3.35. The number of aliphatic hydroxyl groups excluding tert-OH is 2. The average molecular weight is 749 g/mol. The van der Waals surface area contributed by atoms with E-state index in [1.165, 1.54) is 0 Å². The molecule has 2 heterocycles. The van der Waals surface area contributed by atoms with Gasteiger partial charge in [-0.1, -0.05) is 26.9 Å². The van der Waals surface area contributed by atoms with Crippen LogP contribution in [0.25, 0.3) is 41.8 Å². The Balaban J connectivity index is 0. The zero-order valence-corrected chi connectivity index (χ0v) is 29.6. The zero-order valence-electron chi connectivity index (χ0n) is 28.8. The minimum absolute atomic E-state index is 0.0278. The molecule has 2 unspecified atom stereocenters. The Morgan fingerprint density at radius 3 is 1.76 bits per heavy atom. The van der Waals surface area contributed by atoms with Crippen LogP contribution in [0.1, 0.15) is 25.7 Å². The molecule has 7 N–H and O–H groups in total. The van der Waals surface area contributed by atoms with Gasteiger partial charge in [0.1, 0.15) is 0 Å². The molecular formula is C26H52N16O8S. The number of amides is 3. The number of hydrogen-bond donors (Lipinski definition) is 6. The van der Waals surface area contributed by atoms with Gasteiger partial charge in [0, 0.05) is 76.3 Å². The molecule has 0 aliphatic carbocycles. The maximum atomic E-state index is 11.7. The van der Waals surface area contributed by atoms with E-state index < -0.39 is 0 Å². The molecule has 290 valence electrons. The van der Waals surface area contributed by atoms with E-state index >= 15 is 0 Å². The standard InChI is InChI=1S/C14H24N6O3S.C4H8N6O.C4H10N4O.C4H10O3/c15-20-17-6-8-23-7-5-16-12(21)4-2-1-3-11-13-10(9-24-11)18-14(22)19-13;5-9-7-1-3-11-4-2-8-10-6;5-1-3-9-4-2-7-8-6;5-1-3-7-4-2-6/h10-11,13H,1-9H2,(H,16,21)(H2,18,19,22);1-4H2;1-5H2;5-6H,1-4H2/t10?,11-,13?;;;/m0.../s1. The minimum atomic E-state index is -0.0590. The fourth-order valence-electron chi connectivity index (χ4n) is 3.85. The first-order valence-corrected chi connectivity index (χ1v) is 17.2. The number of thioether (sulfide) groups is 1. The number of hydrogen-bond acceptors (Lipinski definition) is 14. The topological polar surface area (TPSA) is 369 Å². The quantitative estimate of drug-likeness (QED) is 0.0246. The van der Waals surface area contributed by atoms with Crippen LogP contribution in [0, 0.1) is 0 Å². The number of unbranched alkanes of at least 4 members (excludes halogenated alkanes) is 1. The maximum absolute atomic E-state index is 11.7. The molecular weight excluding hydrogens is 696 g/mol. The molecule has 0 saturated carbocycles. The monoisotopic (exact) mass is 748 g/mol. The number of ether oxygens (including phenoxy) is 4. The molecule has 2 aliphatic heterocycles. The third-order valence-corrected chi connectivity index (χ3v) is 7.49. The summed E-state index contributed by atoms with van der Waals surface area (Å²) in [6.45, 7) is 5.50. The van der Waals surface area contributed by atoms with Crippen LogP contribution in [-0.2, 0) is 23.7 Å². The van der Waals surface area contributed by atoms with Gasteiger partial charge in [-0.05, 0) is 35.0 Å². The number of nitrogens with two attached hydrogens (primary N) is 1. The summed E-state index contributed by atoms with van der Waals surface area (Å²) in [5.41, 5.74) is 36.7. The van der Waals surface area contributed by atoms with Crippen LogP contribution in [0.2, 0.25) is 0 Å². The highest BCUT2D eigenvalue weighted by Crippen LogP contribution is 2.33. The van der Waals surface area contributed by atoms with Gasteiger partial charge in [-0.3, -0.25) is 4.79 Å². The molecule has 25 heteroatoms. The first-order chi connectivity index (χ1) is 24.9. The lowest BCUT2D eigenvalue weighted by atomic mass is 10.0. The Hall–Kier alpha value is -3.95. The number of urea groups is 1. The zero-order chi connectivity index (χ0) is 38.0. The van der Waals surface area contributed by atoms with E-state index in [2.05, 4.69) is 60.8 Å². The number of carbonyl (C=O) groups is 2. The molecule has 0 spiro atoms. The Bertz CT molecular complexity index is 1050. The number of aliphatic hydroxyl groups is 2. The lowest BCUT2D eigenvalue weighted by molar-refractivity contribution is -0.121. The summed E-state index contributed by atoms with van der Waals surface area (Å²) in [7, 11) is 0. The molecule has 3 amide bonds. The Morgan fingerprint density at radius 2 is 1.27 bits per heavy atom. The molecule has 0 aromatic heterocycles. The third-order valence-electron chi connectivity index (χ3n) is 5.98. The largest absolute Gasteiger partial charge is 0.394 e. The molecule has 51 heavy (non-hydrogen) atoms. The second kappa shape index (κ2) is 40.5. The average Bonchev–Trinajstić information content (AvgIpc) is 3.69. The van der Waals surface area contributed by atoms with Crippen LogP contribution in [-0.4, -0.2) is 151 Å². The Morgan fingerprint density at radius 1 is 0.784 bits per heavy atom. The van der Waals surface area contributed by atoms with Crippen LogP contribution in [0.5, 0.6) is 0 Å². The van der Waals surface area contributed by atoms with Crippen molar-refractivity contribution < 1.29 is 38.7 Å². The molecule has 2 aliphatic rings. The van der Waals surface area contributed by atoms with E-state index in [1.54, 1.807) is 0 Å². The second-order valence-corrected chi connectivity index (χ2v) is 11.0. The number of nitrogens with one attached hydrogen (secondary N) is 3. The van der Waals surface area contributed by atoms with Crippen LogP contribution in [0.3, 0.4) is 0 Å². The van der Waals surface area contributed by atoms with E-state index in [9.17, 15) is 9.59 Å². The van der Waals surface area contributed by atoms with Crippen molar-refractivity contribution in [2.45, 2.75) is 43.0 Å². The van der Waals surface area contributed by atoms with Gasteiger partial charge in [-0.2, -0.15) is 11.8 Å². The van der Waals surface area contributed by atoms with Gasteiger partial charge in [0.25, 0.3) is 0 Å². The van der Waals surface area contributed by atoms with Crippen molar-refractivity contribution in [2.24, 2.45) is 26.2 Å². The predicted molar refractivity (Wildman–Crippen MR) is 190 cm³/mol. The first-order valence-electron chi connectivity index (χ1n) is 16.2. The SMILES string of the molecule is OCCOCCO.[N-]=[N+]=NCCOCCN.[N-]=[N+]=NCCOCCN=[N+]=[N-].[N-]=[N+]=NCCOCCNC(=O)CCCC[C@@H]1SCC2NC(=O)NC21. The van der Waals surface area contributed by atoms with Crippen molar-refractivity contribution in [1.82, 2.24) is 16.0 Å². The molecule has 2 rings (SSSR count). The fourth-order valence-corrected chi connectivity index (χ4v) is 5.39. The van der Waals surface area contributed by atoms with Crippen molar-refractivity contribution >= 4 is 23.7 Å². The number of carbonyl (C=O) groups excluding carboxylic acids is 2. The number of nitrogens with zero attached hydrogens (tertiary/aromatic N) is 12. The lowest BCUT2D eigenvalue weighted by Gasteiger charge is -2.16. The fraction of sp³-hybridized carbons (Fsp3) is 0.923. The summed E-state index contributed by atoms with van der Waals surface area (Å²) in [5, 5.41) is 38.4. The lowest BCUT2D eigenvalue weighted by Crippen LogP contribution is -2.36. The first kappa shape index (κ1) is 49.2. The van der Waals surface area contributed by atoms with Crippen molar-refractivity contribution in [3.05, 3.63) is 41.8 Å². The van der Waals surface area contributed by atoms with E-state index in [1.807, 2.05) is 11.8 Å². The predicted octanol–water partition coefficient (Wildman–Crippen LogP) is 2.04. The molecule has 2 saturated heterocycles. The summed E-state index contributed by atoms with van der Waals surface area (Å²) in [4.78, 5) is 33.2. The highest BCUT2D eigenvalue weighted by Gasteiger charge is 2.42. The van der Waals surface area contributed by atoms with E-state index in [-0.39, 0.29) is 37.2 Å². The minimum Gasteiger partial charge on any atom is -0.394 e. The van der Waals surface area contributed by atoms with E-state index in [0.717, 1.165) is 25.0 Å². The smallest absolute Gasteiger partial charge is 0.315 e. The summed E-state index contributed by atoms with van der Waals surface area (Å²) in [6, 6.07) is 0.435. The van der Waals surface area contributed by atoms with E-state index in [0.29, 0.717) is 104 Å².